The average molecular weight is 342 g/mol. The number of rotatable bonds is 6. The van der Waals surface area contributed by atoms with Gasteiger partial charge in [0.2, 0.25) is 5.91 Å². The first-order valence-corrected chi connectivity index (χ1v) is 7.70. The normalized spacial score (nSPS) is 18.2. The van der Waals surface area contributed by atoms with E-state index in [1.807, 2.05) is 25.1 Å². The van der Waals surface area contributed by atoms with Crippen LogP contribution in [0.2, 0.25) is 0 Å². The number of halogens is 1. The summed E-state index contributed by atoms with van der Waals surface area (Å²) in [6, 6.07) is 5.75. The van der Waals surface area contributed by atoms with E-state index in [2.05, 4.69) is 21.2 Å². The molecule has 4 nitrogen and oxygen atoms in total. The maximum atomic E-state index is 11.8. The predicted octanol–water partition coefficient (Wildman–Crippen LogP) is 3.28. The van der Waals surface area contributed by atoms with E-state index in [9.17, 15) is 4.79 Å². The van der Waals surface area contributed by atoms with Crippen LogP contribution < -0.4 is 5.32 Å². The Kier molecular flexibility index (Phi) is 6.01. The standard InChI is InChI=1S/C15H20BrNO3/c1-11-9-12(4-5-14(11)16)17-15(18)6-8-19-10-13-3-2-7-20-13/h4-5,9,13H,2-3,6-8,10H2,1H3,(H,17,18). The van der Waals surface area contributed by atoms with Crippen LogP contribution in [0.15, 0.2) is 22.7 Å². The first-order valence-electron chi connectivity index (χ1n) is 6.90. The Morgan fingerprint density at radius 3 is 3.10 bits per heavy atom. The summed E-state index contributed by atoms with van der Waals surface area (Å²) in [7, 11) is 0. The maximum Gasteiger partial charge on any atom is 0.226 e. The van der Waals surface area contributed by atoms with Crippen molar-refractivity contribution in [3.63, 3.8) is 0 Å². The molecule has 1 aromatic carbocycles. The lowest BCUT2D eigenvalue weighted by molar-refractivity contribution is -0.117. The molecule has 0 saturated carbocycles. The van der Waals surface area contributed by atoms with E-state index in [1.54, 1.807) is 0 Å². The summed E-state index contributed by atoms with van der Waals surface area (Å²) in [5.74, 6) is -0.0286. The minimum Gasteiger partial charge on any atom is -0.378 e. The quantitative estimate of drug-likeness (QED) is 0.807. The lowest BCUT2D eigenvalue weighted by atomic mass is 10.2. The van der Waals surface area contributed by atoms with E-state index in [0.717, 1.165) is 35.2 Å². The SMILES string of the molecule is Cc1cc(NC(=O)CCOCC2CCCO2)ccc1Br. The molecule has 0 spiro atoms. The molecule has 1 unspecified atom stereocenters. The van der Waals surface area contributed by atoms with Gasteiger partial charge in [0.05, 0.1) is 25.7 Å². The maximum absolute atomic E-state index is 11.8. The minimum absolute atomic E-state index is 0.0286. The van der Waals surface area contributed by atoms with Gasteiger partial charge in [0, 0.05) is 16.8 Å². The van der Waals surface area contributed by atoms with Crippen molar-refractivity contribution in [3.8, 4) is 0 Å². The molecule has 1 atom stereocenters. The monoisotopic (exact) mass is 341 g/mol. The summed E-state index contributed by atoms with van der Waals surface area (Å²) < 4.78 is 12.0. The highest BCUT2D eigenvalue weighted by Crippen LogP contribution is 2.20. The first kappa shape index (κ1) is 15.5. The molecule has 1 fully saturated rings. The summed E-state index contributed by atoms with van der Waals surface area (Å²) in [6.07, 6.45) is 2.75. The smallest absolute Gasteiger partial charge is 0.226 e. The van der Waals surface area contributed by atoms with Gasteiger partial charge in [-0.05, 0) is 43.5 Å². The number of carbonyl (C=O) groups is 1. The van der Waals surface area contributed by atoms with Gasteiger partial charge in [0.1, 0.15) is 0 Å². The van der Waals surface area contributed by atoms with Gasteiger partial charge in [-0.25, -0.2) is 0 Å². The van der Waals surface area contributed by atoms with Gasteiger partial charge in [-0.1, -0.05) is 15.9 Å². The fraction of sp³-hybridized carbons (Fsp3) is 0.533. The fourth-order valence-corrected chi connectivity index (χ4v) is 2.35. The van der Waals surface area contributed by atoms with Crippen LogP contribution in [0.25, 0.3) is 0 Å². The minimum atomic E-state index is -0.0286. The van der Waals surface area contributed by atoms with Crippen LogP contribution >= 0.6 is 15.9 Å². The van der Waals surface area contributed by atoms with Crippen LogP contribution in [0, 0.1) is 6.92 Å². The van der Waals surface area contributed by atoms with Crippen molar-refractivity contribution in [3.05, 3.63) is 28.2 Å². The van der Waals surface area contributed by atoms with Crippen molar-refractivity contribution in [1.29, 1.82) is 0 Å². The Morgan fingerprint density at radius 1 is 1.55 bits per heavy atom. The fourth-order valence-electron chi connectivity index (χ4n) is 2.10. The molecule has 20 heavy (non-hydrogen) atoms. The Labute approximate surface area is 128 Å². The molecular weight excluding hydrogens is 322 g/mol. The van der Waals surface area contributed by atoms with E-state index in [4.69, 9.17) is 9.47 Å². The van der Waals surface area contributed by atoms with Crippen molar-refractivity contribution >= 4 is 27.5 Å². The molecule has 0 aromatic heterocycles. The van der Waals surface area contributed by atoms with Crippen LogP contribution in [0.5, 0.6) is 0 Å². The number of carbonyl (C=O) groups excluding carboxylic acids is 1. The second-order valence-electron chi connectivity index (χ2n) is 4.97. The number of ether oxygens (including phenoxy) is 2. The molecule has 0 radical (unpaired) electrons. The van der Waals surface area contributed by atoms with Gasteiger partial charge >= 0.3 is 0 Å². The van der Waals surface area contributed by atoms with Crippen molar-refractivity contribution in [2.45, 2.75) is 32.3 Å². The number of benzene rings is 1. The number of nitrogens with one attached hydrogen (secondary N) is 1. The average Bonchev–Trinajstić information content (AvgIpc) is 2.92. The molecule has 1 amide bonds. The summed E-state index contributed by atoms with van der Waals surface area (Å²) in [5, 5.41) is 2.87. The van der Waals surface area contributed by atoms with Gasteiger partial charge in [-0.2, -0.15) is 0 Å². The molecular formula is C15H20BrNO3. The number of aryl methyl sites for hydroxylation is 1. The molecule has 1 aromatic rings. The van der Waals surface area contributed by atoms with Crippen LogP contribution in [-0.4, -0.2) is 31.8 Å². The van der Waals surface area contributed by atoms with Crippen molar-refractivity contribution < 1.29 is 14.3 Å². The topological polar surface area (TPSA) is 47.6 Å². The summed E-state index contributed by atoms with van der Waals surface area (Å²) in [5.41, 5.74) is 1.91. The molecule has 2 rings (SSSR count). The van der Waals surface area contributed by atoms with Crippen LogP contribution in [0.1, 0.15) is 24.8 Å². The molecule has 5 heteroatoms. The van der Waals surface area contributed by atoms with E-state index in [-0.39, 0.29) is 12.0 Å². The van der Waals surface area contributed by atoms with E-state index in [0.29, 0.717) is 19.6 Å². The predicted molar refractivity (Wildman–Crippen MR) is 81.9 cm³/mol. The second kappa shape index (κ2) is 7.76. The third-order valence-electron chi connectivity index (χ3n) is 3.24. The summed E-state index contributed by atoms with van der Waals surface area (Å²) >= 11 is 3.43. The molecule has 1 saturated heterocycles. The van der Waals surface area contributed by atoms with E-state index < -0.39 is 0 Å². The van der Waals surface area contributed by atoms with Crippen molar-refractivity contribution in [2.75, 3.05) is 25.1 Å². The molecule has 1 N–H and O–H groups in total. The molecule has 0 bridgehead atoms. The zero-order valence-electron chi connectivity index (χ0n) is 11.7. The van der Waals surface area contributed by atoms with Crippen LogP contribution in [0.4, 0.5) is 5.69 Å². The highest BCUT2D eigenvalue weighted by atomic mass is 79.9. The van der Waals surface area contributed by atoms with Crippen LogP contribution in [-0.2, 0) is 14.3 Å². The van der Waals surface area contributed by atoms with Gasteiger partial charge in [0.15, 0.2) is 0 Å². The van der Waals surface area contributed by atoms with E-state index >= 15 is 0 Å². The Morgan fingerprint density at radius 2 is 2.40 bits per heavy atom. The lowest BCUT2D eigenvalue weighted by Gasteiger charge is -2.10. The van der Waals surface area contributed by atoms with Gasteiger partial charge < -0.3 is 14.8 Å². The Hall–Kier alpha value is -0.910. The number of anilines is 1. The zero-order chi connectivity index (χ0) is 14.4. The number of hydrogen-bond acceptors (Lipinski definition) is 3. The zero-order valence-corrected chi connectivity index (χ0v) is 13.2. The third kappa shape index (κ3) is 4.89. The molecule has 1 aliphatic rings. The highest BCUT2D eigenvalue weighted by Gasteiger charge is 2.15. The summed E-state index contributed by atoms with van der Waals surface area (Å²) in [4.78, 5) is 11.8. The van der Waals surface area contributed by atoms with Crippen LogP contribution in [0.3, 0.4) is 0 Å². The number of hydrogen-bond donors (Lipinski definition) is 1. The van der Waals surface area contributed by atoms with Crippen molar-refractivity contribution in [2.24, 2.45) is 0 Å². The molecule has 110 valence electrons. The van der Waals surface area contributed by atoms with Gasteiger partial charge in [0.25, 0.3) is 0 Å². The Balaban J connectivity index is 1.65. The van der Waals surface area contributed by atoms with Gasteiger partial charge in [-0.3, -0.25) is 4.79 Å². The van der Waals surface area contributed by atoms with Crippen molar-refractivity contribution in [1.82, 2.24) is 0 Å². The molecule has 0 aliphatic carbocycles. The largest absolute Gasteiger partial charge is 0.378 e. The lowest BCUT2D eigenvalue weighted by Crippen LogP contribution is -2.18. The van der Waals surface area contributed by atoms with Gasteiger partial charge in [-0.15, -0.1) is 0 Å². The Bertz CT molecular complexity index is 458. The molecule has 1 aliphatic heterocycles. The number of amides is 1. The molecule has 1 heterocycles. The summed E-state index contributed by atoms with van der Waals surface area (Å²) in [6.45, 7) is 3.84. The highest BCUT2D eigenvalue weighted by molar-refractivity contribution is 9.10. The third-order valence-corrected chi connectivity index (χ3v) is 4.13. The first-order chi connectivity index (χ1) is 9.65. The van der Waals surface area contributed by atoms with E-state index in [1.165, 1.54) is 0 Å². The second-order valence-corrected chi connectivity index (χ2v) is 5.83.